The van der Waals surface area contributed by atoms with E-state index in [0.717, 1.165) is 25.7 Å². The van der Waals surface area contributed by atoms with Gasteiger partial charge in [0.1, 0.15) is 73.2 Å². The lowest BCUT2D eigenvalue weighted by Crippen LogP contribution is -2.66. The molecule has 3 aliphatic rings. The van der Waals surface area contributed by atoms with Crippen molar-refractivity contribution in [1.82, 2.24) is 5.32 Å². The maximum atomic E-state index is 12.4. The fourth-order valence-electron chi connectivity index (χ4n) is 7.89. The minimum atomic E-state index is -1.98. The van der Waals surface area contributed by atoms with Crippen molar-refractivity contribution in [3.8, 4) is 0 Å². The molecule has 0 radical (unpaired) electrons. The zero-order chi connectivity index (χ0) is 47.7. The third-order valence-corrected chi connectivity index (χ3v) is 12.0. The van der Waals surface area contributed by atoms with Crippen LogP contribution in [0.15, 0.2) is 36.5 Å². The number of carbonyl (C=O) groups excluding carboxylic acids is 1. The van der Waals surface area contributed by atoms with Gasteiger partial charge in [-0.15, -0.1) is 0 Å². The quantitative estimate of drug-likeness (QED) is 0.0328. The van der Waals surface area contributed by atoms with Crippen LogP contribution in [0.5, 0.6) is 0 Å². The maximum absolute atomic E-state index is 12.4. The highest BCUT2D eigenvalue weighted by Gasteiger charge is 2.53. The summed E-state index contributed by atoms with van der Waals surface area (Å²) in [5.41, 5.74) is 0. The summed E-state index contributed by atoms with van der Waals surface area (Å²) in [7, 11) is 0. The third-order valence-electron chi connectivity index (χ3n) is 12.0. The Kier molecular flexibility index (Phi) is 28.2. The van der Waals surface area contributed by atoms with E-state index in [1.165, 1.54) is 70.3 Å². The Balaban J connectivity index is 1.44. The van der Waals surface area contributed by atoms with E-state index in [2.05, 4.69) is 36.5 Å². The summed E-state index contributed by atoms with van der Waals surface area (Å²) in [5, 5.41) is 118. The van der Waals surface area contributed by atoms with Crippen molar-refractivity contribution in [3.63, 3.8) is 0 Å². The van der Waals surface area contributed by atoms with Gasteiger partial charge in [0.05, 0.1) is 38.6 Å². The number of unbranched alkanes of at least 4 members (excludes halogenated alkanes) is 12. The lowest BCUT2D eigenvalue weighted by atomic mass is 9.96. The van der Waals surface area contributed by atoms with E-state index in [0.29, 0.717) is 6.42 Å². The van der Waals surface area contributed by atoms with Crippen LogP contribution >= 0.6 is 0 Å². The molecule has 0 spiro atoms. The molecular formula is C46H81NO18. The van der Waals surface area contributed by atoms with Crippen LogP contribution in [0, 0.1) is 0 Å². The Labute approximate surface area is 383 Å². The molecule has 3 heterocycles. The first-order valence-electron chi connectivity index (χ1n) is 23.7. The zero-order valence-electron chi connectivity index (χ0n) is 38.2. The first kappa shape index (κ1) is 57.3. The molecule has 3 aliphatic heterocycles. The number of rotatable bonds is 31. The Morgan fingerprint density at radius 1 is 0.538 bits per heavy atom. The van der Waals surface area contributed by atoms with Crippen molar-refractivity contribution >= 4 is 5.91 Å². The summed E-state index contributed by atoms with van der Waals surface area (Å²) in [6.07, 6.45) is 3.03. The minimum absolute atomic E-state index is 0.112. The topological polar surface area (TPSA) is 307 Å². The van der Waals surface area contributed by atoms with Crippen LogP contribution in [0.3, 0.4) is 0 Å². The highest BCUT2D eigenvalue weighted by Crippen LogP contribution is 2.33. The second kappa shape index (κ2) is 31.9. The highest BCUT2D eigenvalue weighted by molar-refractivity contribution is 5.75. The second-order valence-electron chi connectivity index (χ2n) is 17.2. The number of amides is 1. The van der Waals surface area contributed by atoms with E-state index >= 15 is 0 Å². The molecule has 3 fully saturated rings. The predicted molar refractivity (Wildman–Crippen MR) is 236 cm³/mol. The van der Waals surface area contributed by atoms with Gasteiger partial charge in [0, 0.05) is 6.42 Å². The predicted octanol–water partition coefficient (Wildman–Crippen LogP) is 0.247. The Bertz CT molecular complexity index is 1350. The molecular weight excluding hydrogens is 854 g/mol. The van der Waals surface area contributed by atoms with E-state index in [4.69, 9.17) is 28.4 Å². The fraction of sp³-hybridized carbons (Fsp3) is 0.848. The summed E-state index contributed by atoms with van der Waals surface area (Å²) in [6.45, 7) is 1.07. The zero-order valence-corrected chi connectivity index (χ0v) is 38.2. The molecule has 17 unspecified atom stereocenters. The van der Waals surface area contributed by atoms with Crippen molar-refractivity contribution < 1.29 is 89.4 Å². The van der Waals surface area contributed by atoms with Crippen molar-refractivity contribution in [1.29, 1.82) is 0 Å². The first-order chi connectivity index (χ1) is 31.3. The molecule has 17 atom stereocenters. The number of aliphatic hydroxyl groups excluding tert-OH is 11. The number of carbonyl (C=O) groups is 1. The van der Waals surface area contributed by atoms with Gasteiger partial charge >= 0.3 is 0 Å². The SMILES string of the molecule is CCCCCCCCCCCC/C=C/CC/C=C/CC/C=C/C(O)C(COC1OC(CO)C(OC2OC(CO)C(OC3OC(CO)C(O)C(O)C3O)C(O)C2O)C(O)C1O)NC(=O)CC. The van der Waals surface area contributed by atoms with Crippen LogP contribution < -0.4 is 5.32 Å². The molecule has 0 aromatic carbocycles. The molecule has 3 saturated heterocycles. The summed E-state index contributed by atoms with van der Waals surface area (Å²) in [5.74, 6) is -0.381. The van der Waals surface area contributed by atoms with Gasteiger partial charge in [-0.25, -0.2) is 0 Å². The Morgan fingerprint density at radius 2 is 0.969 bits per heavy atom. The molecule has 0 saturated carbocycles. The van der Waals surface area contributed by atoms with Gasteiger partial charge in [-0.2, -0.15) is 0 Å². The monoisotopic (exact) mass is 936 g/mol. The number of allylic oxidation sites excluding steroid dienone is 5. The average Bonchev–Trinajstić information content (AvgIpc) is 3.30. The largest absolute Gasteiger partial charge is 0.394 e. The van der Waals surface area contributed by atoms with E-state index in [9.17, 15) is 61.0 Å². The molecule has 19 nitrogen and oxygen atoms in total. The molecule has 378 valence electrons. The van der Waals surface area contributed by atoms with Crippen molar-refractivity contribution in [2.24, 2.45) is 0 Å². The van der Waals surface area contributed by atoms with E-state index < -0.39 is 124 Å². The highest BCUT2D eigenvalue weighted by atomic mass is 16.8. The molecule has 12 N–H and O–H groups in total. The van der Waals surface area contributed by atoms with Crippen LogP contribution in [0.2, 0.25) is 0 Å². The molecule has 0 aromatic rings. The van der Waals surface area contributed by atoms with Gasteiger partial charge < -0.3 is 89.9 Å². The first-order valence-corrected chi connectivity index (χ1v) is 23.7. The summed E-state index contributed by atoms with van der Waals surface area (Å²) in [6, 6.07) is -0.989. The van der Waals surface area contributed by atoms with Crippen LogP contribution in [0.25, 0.3) is 0 Å². The van der Waals surface area contributed by atoms with Crippen LogP contribution in [-0.4, -0.2) is 193 Å². The molecule has 19 heteroatoms. The van der Waals surface area contributed by atoms with Crippen LogP contribution in [0.4, 0.5) is 0 Å². The van der Waals surface area contributed by atoms with Gasteiger partial charge in [0.15, 0.2) is 18.9 Å². The number of nitrogens with one attached hydrogen (secondary N) is 1. The lowest BCUT2D eigenvalue weighted by molar-refractivity contribution is -0.379. The fourth-order valence-corrected chi connectivity index (χ4v) is 7.89. The van der Waals surface area contributed by atoms with Gasteiger partial charge in [0.2, 0.25) is 5.91 Å². The van der Waals surface area contributed by atoms with Gasteiger partial charge in [-0.1, -0.05) is 108 Å². The van der Waals surface area contributed by atoms with Crippen molar-refractivity contribution in [2.45, 2.75) is 221 Å². The van der Waals surface area contributed by atoms with Crippen LogP contribution in [-0.2, 0) is 33.2 Å². The average molecular weight is 936 g/mol. The number of aliphatic hydroxyl groups is 11. The van der Waals surface area contributed by atoms with Crippen LogP contribution in [0.1, 0.15) is 117 Å². The van der Waals surface area contributed by atoms with E-state index in [1.54, 1.807) is 13.0 Å². The van der Waals surface area contributed by atoms with Gasteiger partial charge in [0.25, 0.3) is 0 Å². The maximum Gasteiger partial charge on any atom is 0.220 e. The molecule has 0 aromatic heterocycles. The van der Waals surface area contributed by atoms with Gasteiger partial charge in [-0.05, 0) is 38.5 Å². The Morgan fingerprint density at radius 3 is 1.48 bits per heavy atom. The summed E-state index contributed by atoms with van der Waals surface area (Å²) in [4.78, 5) is 12.4. The Hall–Kier alpha value is -1.99. The number of hydrogen-bond donors (Lipinski definition) is 12. The van der Waals surface area contributed by atoms with Gasteiger partial charge in [-0.3, -0.25) is 4.79 Å². The molecule has 3 rings (SSSR count). The molecule has 65 heavy (non-hydrogen) atoms. The standard InChI is InChI=1S/C46H81NO18/c1-3-5-6-7-8-9-10-11-12-13-14-15-16-17-18-19-20-21-22-23-24-30(51)29(47-34(52)4-2)28-60-44-40(58)37(55)42(32(26-49)62-44)65-46-41(59)38(56)43(33(27-50)63-46)64-45-39(57)36(54)35(53)31(25-48)61-45/h15-16,19-20,23-24,29-33,35-46,48-51,53-59H,3-14,17-18,21-22,25-28H2,1-2H3,(H,47,52)/b16-15+,20-19+,24-23+. The van der Waals surface area contributed by atoms with E-state index in [-0.39, 0.29) is 18.9 Å². The number of ether oxygens (including phenoxy) is 6. The third kappa shape index (κ3) is 18.8. The molecule has 0 bridgehead atoms. The van der Waals surface area contributed by atoms with E-state index in [1.807, 2.05) is 0 Å². The van der Waals surface area contributed by atoms with Crippen molar-refractivity contribution in [3.05, 3.63) is 36.5 Å². The van der Waals surface area contributed by atoms with Crippen molar-refractivity contribution in [2.75, 3.05) is 26.4 Å². The lowest BCUT2D eigenvalue weighted by Gasteiger charge is -2.48. The smallest absolute Gasteiger partial charge is 0.220 e. The molecule has 1 amide bonds. The second-order valence-corrected chi connectivity index (χ2v) is 17.2. The molecule has 0 aliphatic carbocycles. The normalized spacial score (nSPS) is 34.4. The minimum Gasteiger partial charge on any atom is -0.394 e. The number of hydrogen-bond acceptors (Lipinski definition) is 18. The summed E-state index contributed by atoms with van der Waals surface area (Å²) < 4.78 is 33.7. The summed E-state index contributed by atoms with van der Waals surface area (Å²) >= 11 is 0.